The van der Waals surface area contributed by atoms with Crippen LogP contribution in [0, 0.1) is 0 Å². The van der Waals surface area contributed by atoms with Crippen molar-refractivity contribution in [3.63, 3.8) is 0 Å². The van der Waals surface area contributed by atoms with Gasteiger partial charge in [-0.1, -0.05) is 30.3 Å². The zero-order valence-corrected chi connectivity index (χ0v) is 17.9. The standard InChI is InChI=1S/C22H25N5O3S/c28-21(26-19-9-14-27(15-10-19)22-23-11-3-12-24-22)8-13-25-31(29,30)20-7-6-17-4-1-2-5-18(17)16-20/h1-7,11-12,16,19,25H,8-10,13-15H2,(H,26,28). The second kappa shape index (κ2) is 9.40. The Hall–Kier alpha value is -3.04. The molecule has 0 spiro atoms. The number of anilines is 1. The molecule has 0 radical (unpaired) electrons. The molecule has 1 aliphatic rings. The molecule has 9 heteroatoms. The Kier molecular flexibility index (Phi) is 6.43. The molecule has 31 heavy (non-hydrogen) atoms. The van der Waals surface area contributed by atoms with Crippen LogP contribution in [0.3, 0.4) is 0 Å². The summed E-state index contributed by atoms with van der Waals surface area (Å²) in [7, 11) is -3.67. The van der Waals surface area contributed by atoms with Gasteiger partial charge in [0.05, 0.1) is 4.90 Å². The molecule has 1 amide bonds. The van der Waals surface area contributed by atoms with Crippen molar-refractivity contribution in [2.24, 2.45) is 0 Å². The van der Waals surface area contributed by atoms with Crippen molar-refractivity contribution >= 4 is 32.7 Å². The van der Waals surface area contributed by atoms with Crippen LogP contribution < -0.4 is 14.9 Å². The molecule has 1 aromatic heterocycles. The van der Waals surface area contributed by atoms with Crippen LogP contribution in [0.25, 0.3) is 10.8 Å². The van der Waals surface area contributed by atoms with E-state index >= 15 is 0 Å². The van der Waals surface area contributed by atoms with Gasteiger partial charge in [0.1, 0.15) is 0 Å². The van der Waals surface area contributed by atoms with Crippen molar-refractivity contribution in [1.29, 1.82) is 0 Å². The summed E-state index contributed by atoms with van der Waals surface area (Å²) < 4.78 is 27.6. The first-order valence-electron chi connectivity index (χ1n) is 10.3. The lowest BCUT2D eigenvalue weighted by atomic mass is 10.1. The summed E-state index contributed by atoms with van der Waals surface area (Å²) in [5.74, 6) is 0.547. The molecule has 0 atom stereocenters. The van der Waals surface area contributed by atoms with Gasteiger partial charge in [-0.15, -0.1) is 0 Å². The lowest BCUT2D eigenvalue weighted by Gasteiger charge is -2.32. The minimum absolute atomic E-state index is 0.0533. The number of carbonyl (C=O) groups is 1. The number of aromatic nitrogens is 2. The molecular weight excluding hydrogens is 414 g/mol. The molecule has 0 bridgehead atoms. The van der Waals surface area contributed by atoms with Crippen LogP contribution in [0.2, 0.25) is 0 Å². The van der Waals surface area contributed by atoms with E-state index in [1.807, 2.05) is 24.3 Å². The van der Waals surface area contributed by atoms with Crippen molar-refractivity contribution in [3.8, 4) is 0 Å². The van der Waals surface area contributed by atoms with Gasteiger partial charge >= 0.3 is 0 Å². The van der Waals surface area contributed by atoms with Crippen LogP contribution in [0.15, 0.2) is 65.8 Å². The van der Waals surface area contributed by atoms with Crippen LogP contribution in [0.4, 0.5) is 5.95 Å². The predicted molar refractivity (Wildman–Crippen MR) is 119 cm³/mol. The van der Waals surface area contributed by atoms with E-state index in [2.05, 4.69) is 24.9 Å². The number of carbonyl (C=O) groups excluding carboxylic acids is 1. The highest BCUT2D eigenvalue weighted by Gasteiger charge is 2.22. The van der Waals surface area contributed by atoms with E-state index in [-0.39, 0.29) is 29.8 Å². The Morgan fingerprint density at radius 1 is 1.00 bits per heavy atom. The number of piperidine rings is 1. The van der Waals surface area contributed by atoms with Crippen molar-refractivity contribution in [2.45, 2.75) is 30.2 Å². The highest BCUT2D eigenvalue weighted by Crippen LogP contribution is 2.19. The van der Waals surface area contributed by atoms with Gasteiger partial charge < -0.3 is 10.2 Å². The van der Waals surface area contributed by atoms with E-state index in [0.29, 0.717) is 5.95 Å². The molecule has 4 rings (SSSR count). The minimum atomic E-state index is -3.67. The third kappa shape index (κ3) is 5.36. The molecule has 0 aliphatic carbocycles. The van der Waals surface area contributed by atoms with E-state index in [4.69, 9.17) is 0 Å². The smallest absolute Gasteiger partial charge is 0.240 e. The van der Waals surface area contributed by atoms with Gasteiger partial charge in [-0.2, -0.15) is 0 Å². The average molecular weight is 440 g/mol. The molecule has 3 aromatic rings. The van der Waals surface area contributed by atoms with Gasteiger partial charge in [-0.3, -0.25) is 4.79 Å². The number of rotatable bonds is 7. The van der Waals surface area contributed by atoms with Gasteiger partial charge in [0, 0.05) is 44.5 Å². The minimum Gasteiger partial charge on any atom is -0.353 e. The normalized spacial score (nSPS) is 15.2. The summed E-state index contributed by atoms with van der Waals surface area (Å²) in [6, 6.07) is 14.4. The lowest BCUT2D eigenvalue weighted by molar-refractivity contribution is -0.121. The maximum absolute atomic E-state index is 12.6. The lowest BCUT2D eigenvalue weighted by Crippen LogP contribution is -2.45. The second-order valence-electron chi connectivity index (χ2n) is 7.53. The first-order valence-corrected chi connectivity index (χ1v) is 11.8. The number of fused-ring (bicyclic) bond motifs is 1. The van der Waals surface area contributed by atoms with Crippen LogP contribution in [-0.2, 0) is 14.8 Å². The van der Waals surface area contributed by atoms with Gasteiger partial charge in [-0.05, 0) is 41.8 Å². The van der Waals surface area contributed by atoms with Crippen molar-refractivity contribution in [3.05, 3.63) is 60.9 Å². The van der Waals surface area contributed by atoms with Crippen molar-refractivity contribution in [2.75, 3.05) is 24.5 Å². The number of hydrogen-bond donors (Lipinski definition) is 2. The fourth-order valence-corrected chi connectivity index (χ4v) is 4.76. The molecular formula is C22H25N5O3S. The molecule has 162 valence electrons. The molecule has 0 unspecified atom stereocenters. The Morgan fingerprint density at radius 3 is 2.45 bits per heavy atom. The molecule has 1 saturated heterocycles. The summed E-state index contributed by atoms with van der Waals surface area (Å²) in [6.45, 7) is 1.59. The van der Waals surface area contributed by atoms with Crippen molar-refractivity contribution < 1.29 is 13.2 Å². The topological polar surface area (TPSA) is 104 Å². The molecule has 1 fully saturated rings. The summed E-state index contributed by atoms with van der Waals surface area (Å²) in [5.41, 5.74) is 0. The first kappa shape index (κ1) is 21.2. The summed E-state index contributed by atoms with van der Waals surface area (Å²) >= 11 is 0. The second-order valence-corrected chi connectivity index (χ2v) is 9.30. The SMILES string of the molecule is O=C(CCNS(=O)(=O)c1ccc2ccccc2c1)NC1CCN(c2ncccn2)CC1. The predicted octanol–water partition coefficient (Wildman–Crippen LogP) is 2.08. The summed E-state index contributed by atoms with van der Waals surface area (Å²) in [4.78, 5) is 23.1. The molecule has 2 N–H and O–H groups in total. The van der Waals surface area contributed by atoms with Crippen LogP contribution in [0.5, 0.6) is 0 Å². The monoisotopic (exact) mass is 439 g/mol. The fourth-order valence-electron chi connectivity index (χ4n) is 3.70. The van der Waals surface area contributed by atoms with E-state index in [1.54, 1.807) is 36.7 Å². The highest BCUT2D eigenvalue weighted by atomic mass is 32.2. The number of sulfonamides is 1. The molecule has 0 saturated carbocycles. The quantitative estimate of drug-likeness (QED) is 0.584. The Bertz CT molecular complexity index is 1150. The highest BCUT2D eigenvalue weighted by molar-refractivity contribution is 7.89. The average Bonchev–Trinajstić information content (AvgIpc) is 2.79. The zero-order chi connectivity index (χ0) is 21.7. The van der Waals surface area contributed by atoms with Crippen molar-refractivity contribution in [1.82, 2.24) is 20.0 Å². The van der Waals surface area contributed by atoms with E-state index < -0.39 is 10.0 Å². The van der Waals surface area contributed by atoms with Crippen LogP contribution >= 0.6 is 0 Å². The summed E-state index contributed by atoms with van der Waals surface area (Å²) in [6.07, 6.45) is 5.12. The summed E-state index contributed by atoms with van der Waals surface area (Å²) in [5, 5.41) is 4.83. The number of nitrogens with zero attached hydrogens (tertiary/aromatic N) is 3. The molecule has 2 heterocycles. The maximum Gasteiger partial charge on any atom is 0.240 e. The zero-order valence-electron chi connectivity index (χ0n) is 17.1. The maximum atomic E-state index is 12.6. The number of hydrogen-bond acceptors (Lipinski definition) is 6. The molecule has 2 aromatic carbocycles. The van der Waals surface area contributed by atoms with E-state index in [0.717, 1.165) is 36.7 Å². The third-order valence-electron chi connectivity index (χ3n) is 5.37. The third-order valence-corrected chi connectivity index (χ3v) is 6.83. The first-order chi connectivity index (χ1) is 15.0. The number of amides is 1. The number of nitrogens with one attached hydrogen (secondary N) is 2. The molecule has 8 nitrogen and oxygen atoms in total. The van der Waals surface area contributed by atoms with Gasteiger partial charge in [-0.25, -0.2) is 23.1 Å². The Labute approximate surface area is 181 Å². The van der Waals surface area contributed by atoms with E-state index in [9.17, 15) is 13.2 Å². The van der Waals surface area contributed by atoms with Gasteiger partial charge in [0.25, 0.3) is 0 Å². The Morgan fingerprint density at radius 2 is 1.71 bits per heavy atom. The van der Waals surface area contributed by atoms with Gasteiger partial charge in [0.15, 0.2) is 0 Å². The van der Waals surface area contributed by atoms with Crippen LogP contribution in [-0.4, -0.2) is 50.0 Å². The van der Waals surface area contributed by atoms with Gasteiger partial charge in [0.2, 0.25) is 21.9 Å². The molecule has 1 aliphatic heterocycles. The largest absolute Gasteiger partial charge is 0.353 e. The fraction of sp³-hybridized carbons (Fsp3) is 0.318. The van der Waals surface area contributed by atoms with Crippen LogP contribution in [0.1, 0.15) is 19.3 Å². The van der Waals surface area contributed by atoms with E-state index in [1.165, 1.54) is 0 Å². The Balaban J connectivity index is 1.23. The number of benzene rings is 2.